The normalized spacial score (nSPS) is 11.3. The van der Waals surface area contributed by atoms with Gasteiger partial charge in [0.2, 0.25) is 5.91 Å². The van der Waals surface area contributed by atoms with Crippen LogP contribution in [-0.4, -0.2) is 14.3 Å². The first-order chi connectivity index (χ1) is 11.3. The van der Waals surface area contributed by atoms with E-state index < -0.39 is 32.5 Å². The molecule has 2 aromatic rings. The van der Waals surface area contributed by atoms with Crippen molar-refractivity contribution in [2.45, 2.75) is 24.3 Å². The number of carbonyl (C=O) groups is 1. The maximum Gasteiger partial charge on any atom is 0.264 e. The number of benzene rings is 2. The zero-order chi connectivity index (χ0) is 17.7. The van der Waals surface area contributed by atoms with Crippen LogP contribution in [0.25, 0.3) is 0 Å². The molecule has 0 heterocycles. The molecule has 0 atom stereocenters. The van der Waals surface area contributed by atoms with Gasteiger partial charge in [-0.25, -0.2) is 21.9 Å². The summed E-state index contributed by atoms with van der Waals surface area (Å²) in [5.41, 5.74) is 7.32. The zero-order valence-electron chi connectivity index (χ0n) is 12.6. The summed E-state index contributed by atoms with van der Waals surface area (Å²) in [5, 5.41) is 0. The van der Waals surface area contributed by atoms with Crippen LogP contribution in [0, 0.1) is 11.6 Å². The van der Waals surface area contributed by atoms with Crippen LogP contribution in [0.2, 0.25) is 0 Å². The van der Waals surface area contributed by atoms with Gasteiger partial charge in [-0.3, -0.25) is 4.79 Å². The van der Waals surface area contributed by atoms with Crippen molar-refractivity contribution < 1.29 is 22.0 Å². The van der Waals surface area contributed by atoms with Crippen LogP contribution in [0.4, 0.5) is 8.78 Å². The third-order valence-corrected chi connectivity index (χ3v) is 4.78. The summed E-state index contributed by atoms with van der Waals surface area (Å²) in [5.74, 6) is -3.22. The molecule has 3 N–H and O–H groups in total. The fourth-order valence-electron chi connectivity index (χ4n) is 2.15. The molecule has 1 amide bonds. The van der Waals surface area contributed by atoms with Crippen LogP contribution < -0.4 is 10.5 Å². The molecule has 0 saturated carbocycles. The highest BCUT2D eigenvalue weighted by Crippen LogP contribution is 2.14. The van der Waals surface area contributed by atoms with Gasteiger partial charge in [0.15, 0.2) is 11.6 Å². The lowest BCUT2D eigenvalue weighted by atomic mass is 10.0. The average Bonchev–Trinajstić information content (AvgIpc) is 2.55. The summed E-state index contributed by atoms with van der Waals surface area (Å²) in [4.78, 5) is 11.4. The Morgan fingerprint density at radius 1 is 1.04 bits per heavy atom. The van der Waals surface area contributed by atoms with Crippen LogP contribution in [0.1, 0.15) is 17.5 Å². The van der Waals surface area contributed by atoms with E-state index in [4.69, 9.17) is 5.73 Å². The highest BCUT2D eigenvalue weighted by Gasteiger charge is 2.19. The molecule has 0 aliphatic carbocycles. The lowest BCUT2D eigenvalue weighted by molar-refractivity contribution is -0.119. The molecule has 128 valence electrons. The van der Waals surface area contributed by atoms with Gasteiger partial charge in [0.1, 0.15) is 0 Å². The number of carbonyl (C=O) groups excluding carboxylic acids is 1. The van der Waals surface area contributed by atoms with Gasteiger partial charge in [-0.1, -0.05) is 24.3 Å². The van der Waals surface area contributed by atoms with Crippen LogP contribution in [0.5, 0.6) is 0 Å². The molecule has 0 bridgehead atoms. The topological polar surface area (TPSA) is 89.3 Å². The second-order valence-electron chi connectivity index (χ2n) is 5.08. The van der Waals surface area contributed by atoms with E-state index in [1.165, 1.54) is 0 Å². The minimum absolute atomic E-state index is 0.0834. The Balaban J connectivity index is 2.04. The largest absolute Gasteiger partial charge is 0.326 e. The Labute approximate surface area is 138 Å². The van der Waals surface area contributed by atoms with Gasteiger partial charge in [0.05, 0.1) is 4.90 Å². The molecule has 0 aromatic heterocycles. The predicted octanol–water partition coefficient (Wildman–Crippen LogP) is 1.86. The Hall–Kier alpha value is -2.32. The summed E-state index contributed by atoms with van der Waals surface area (Å²) >= 11 is 0. The number of aryl methyl sites for hydroxylation is 1. The Bertz CT molecular complexity index is 854. The molecule has 2 rings (SSSR count). The molecule has 0 radical (unpaired) electrons. The number of hydrogen-bond donors (Lipinski definition) is 2. The smallest absolute Gasteiger partial charge is 0.264 e. The van der Waals surface area contributed by atoms with E-state index in [0.717, 1.165) is 17.2 Å². The van der Waals surface area contributed by atoms with Crippen molar-refractivity contribution in [1.29, 1.82) is 0 Å². The van der Waals surface area contributed by atoms with Crippen LogP contribution in [0.15, 0.2) is 47.4 Å². The zero-order valence-corrected chi connectivity index (χ0v) is 13.4. The van der Waals surface area contributed by atoms with E-state index in [1.54, 1.807) is 12.1 Å². The maximum absolute atomic E-state index is 13.1. The first kappa shape index (κ1) is 18.0. The van der Waals surface area contributed by atoms with Crippen molar-refractivity contribution >= 4 is 15.9 Å². The van der Waals surface area contributed by atoms with E-state index in [2.05, 4.69) is 0 Å². The first-order valence-corrected chi connectivity index (χ1v) is 8.59. The fourth-order valence-corrected chi connectivity index (χ4v) is 3.18. The predicted molar refractivity (Wildman–Crippen MR) is 84.3 cm³/mol. The number of hydrogen-bond acceptors (Lipinski definition) is 4. The lowest BCUT2D eigenvalue weighted by Crippen LogP contribution is -2.30. The minimum Gasteiger partial charge on any atom is -0.326 e. The Morgan fingerprint density at radius 2 is 1.71 bits per heavy atom. The molecular formula is C16H16F2N2O3S. The monoisotopic (exact) mass is 354 g/mol. The second kappa shape index (κ2) is 7.50. The molecule has 24 heavy (non-hydrogen) atoms. The van der Waals surface area contributed by atoms with Crippen molar-refractivity contribution in [3.8, 4) is 0 Å². The molecule has 0 unspecified atom stereocenters. The Morgan fingerprint density at radius 3 is 2.33 bits per heavy atom. The van der Waals surface area contributed by atoms with Gasteiger partial charge in [-0.05, 0) is 35.7 Å². The molecular weight excluding hydrogens is 338 g/mol. The number of sulfonamides is 1. The molecule has 0 aliphatic rings. The van der Waals surface area contributed by atoms with E-state index in [0.29, 0.717) is 25.1 Å². The summed E-state index contributed by atoms with van der Waals surface area (Å²) in [7, 11) is -4.25. The van der Waals surface area contributed by atoms with Gasteiger partial charge in [-0.2, -0.15) is 0 Å². The second-order valence-corrected chi connectivity index (χ2v) is 6.76. The lowest BCUT2D eigenvalue weighted by Gasteiger charge is -2.09. The number of amides is 1. The maximum atomic E-state index is 13.1. The molecule has 0 aliphatic heterocycles. The SMILES string of the molecule is NCc1ccccc1CCC(=O)NS(=O)(=O)c1ccc(F)c(F)c1. The van der Waals surface area contributed by atoms with Crippen molar-refractivity contribution in [3.05, 3.63) is 65.2 Å². The van der Waals surface area contributed by atoms with Crippen molar-refractivity contribution in [1.82, 2.24) is 4.72 Å². The van der Waals surface area contributed by atoms with E-state index >= 15 is 0 Å². The van der Waals surface area contributed by atoms with Crippen LogP contribution in [0.3, 0.4) is 0 Å². The third kappa shape index (κ3) is 4.36. The molecule has 0 saturated heterocycles. The van der Waals surface area contributed by atoms with Gasteiger partial charge < -0.3 is 5.73 Å². The van der Waals surface area contributed by atoms with Gasteiger partial charge in [-0.15, -0.1) is 0 Å². The fraction of sp³-hybridized carbons (Fsp3) is 0.188. The molecule has 0 fully saturated rings. The van der Waals surface area contributed by atoms with Gasteiger partial charge in [0, 0.05) is 13.0 Å². The summed E-state index contributed by atoms with van der Waals surface area (Å²) in [6.07, 6.45) is 0.229. The molecule has 0 spiro atoms. The number of halogens is 2. The van der Waals surface area contributed by atoms with E-state index in [-0.39, 0.29) is 6.42 Å². The molecule has 5 nitrogen and oxygen atoms in total. The van der Waals surface area contributed by atoms with Gasteiger partial charge >= 0.3 is 0 Å². The van der Waals surface area contributed by atoms with Crippen molar-refractivity contribution in [2.24, 2.45) is 5.73 Å². The van der Waals surface area contributed by atoms with Crippen LogP contribution >= 0.6 is 0 Å². The summed E-state index contributed by atoms with van der Waals surface area (Å²) < 4.78 is 51.8. The number of nitrogens with one attached hydrogen (secondary N) is 1. The highest BCUT2D eigenvalue weighted by molar-refractivity contribution is 7.90. The van der Waals surface area contributed by atoms with Crippen molar-refractivity contribution in [3.63, 3.8) is 0 Å². The van der Waals surface area contributed by atoms with E-state index in [9.17, 15) is 22.0 Å². The van der Waals surface area contributed by atoms with Gasteiger partial charge in [0.25, 0.3) is 10.0 Å². The standard InChI is InChI=1S/C16H16F2N2O3S/c17-14-7-6-13(9-15(14)18)24(22,23)20-16(21)8-5-11-3-1-2-4-12(11)10-19/h1-4,6-7,9H,5,8,10,19H2,(H,20,21). The van der Waals surface area contributed by atoms with E-state index in [1.807, 2.05) is 16.9 Å². The van der Waals surface area contributed by atoms with Crippen molar-refractivity contribution in [2.75, 3.05) is 0 Å². The average molecular weight is 354 g/mol. The minimum atomic E-state index is -4.25. The molecule has 8 heteroatoms. The molecule has 2 aromatic carbocycles. The first-order valence-electron chi connectivity index (χ1n) is 7.11. The number of rotatable bonds is 6. The summed E-state index contributed by atoms with van der Waals surface area (Å²) in [6.45, 7) is 0.310. The third-order valence-electron chi connectivity index (χ3n) is 3.41. The summed E-state index contributed by atoms with van der Waals surface area (Å²) in [6, 6.07) is 9.34. The quantitative estimate of drug-likeness (QED) is 0.829. The highest BCUT2D eigenvalue weighted by atomic mass is 32.2. The number of nitrogens with two attached hydrogens (primary N) is 1. The van der Waals surface area contributed by atoms with Crippen LogP contribution in [-0.2, 0) is 27.8 Å². The Kier molecular flexibility index (Phi) is 5.63.